The minimum Gasteiger partial charge on any atom is -0.354 e. The molecule has 2 atom stereocenters. The number of pyridine rings is 2. The first-order valence-corrected chi connectivity index (χ1v) is 8.10. The minimum atomic E-state index is 0.742. The summed E-state index contributed by atoms with van der Waals surface area (Å²) in [5.41, 5.74) is 1.01. The molecule has 0 saturated carbocycles. The molecule has 23 heavy (non-hydrogen) atoms. The largest absolute Gasteiger partial charge is 0.354 e. The van der Waals surface area contributed by atoms with Crippen LogP contribution in [0.15, 0.2) is 42.9 Å². The van der Waals surface area contributed by atoms with Gasteiger partial charge in [0.2, 0.25) is 0 Å². The summed E-state index contributed by atoms with van der Waals surface area (Å²) in [6.07, 6.45) is 5.51. The molecule has 2 saturated heterocycles. The zero-order valence-electron chi connectivity index (χ0n) is 12.8. The highest BCUT2D eigenvalue weighted by Crippen LogP contribution is 2.34. The van der Waals surface area contributed by atoms with Crippen LogP contribution >= 0.6 is 0 Å². The van der Waals surface area contributed by atoms with Gasteiger partial charge in [-0.25, -0.2) is 9.67 Å². The third-order valence-electron chi connectivity index (χ3n) is 5.02. The summed E-state index contributed by atoms with van der Waals surface area (Å²) in [5.74, 6) is 3.37. The molecule has 3 aromatic heterocycles. The Morgan fingerprint density at radius 2 is 1.91 bits per heavy atom. The molecule has 3 aromatic rings. The SMILES string of the molecule is c1ccc(-n2nc(N3CC4CNCC4C3)c3ccncc32)nc1. The fraction of sp³-hybridized carbons (Fsp3) is 0.353. The van der Waals surface area contributed by atoms with Gasteiger partial charge in [0.15, 0.2) is 11.6 Å². The Labute approximate surface area is 134 Å². The first-order chi connectivity index (χ1) is 11.4. The Hall–Kier alpha value is -2.47. The molecule has 0 bridgehead atoms. The van der Waals surface area contributed by atoms with Crippen molar-refractivity contribution in [3.8, 4) is 5.82 Å². The van der Waals surface area contributed by atoms with Crippen LogP contribution in [0.4, 0.5) is 5.82 Å². The molecule has 0 radical (unpaired) electrons. The fourth-order valence-corrected chi connectivity index (χ4v) is 3.86. The molecular weight excluding hydrogens is 288 g/mol. The van der Waals surface area contributed by atoms with Gasteiger partial charge in [-0.05, 0) is 30.0 Å². The van der Waals surface area contributed by atoms with Crippen LogP contribution in [0.3, 0.4) is 0 Å². The molecule has 2 unspecified atom stereocenters. The van der Waals surface area contributed by atoms with Crippen LogP contribution in [-0.2, 0) is 0 Å². The molecule has 6 heteroatoms. The van der Waals surface area contributed by atoms with E-state index in [4.69, 9.17) is 5.10 Å². The molecule has 116 valence electrons. The molecular formula is C17H18N6. The number of anilines is 1. The van der Waals surface area contributed by atoms with Crippen molar-refractivity contribution < 1.29 is 0 Å². The van der Waals surface area contributed by atoms with E-state index >= 15 is 0 Å². The standard InChI is InChI=1S/C17H18N6/c1-2-5-20-16(3-1)23-15-9-18-6-4-14(15)17(21-23)22-10-12-7-19-8-13(12)11-22/h1-6,9,12-13,19H,7-8,10-11H2. The maximum atomic E-state index is 4.89. The van der Waals surface area contributed by atoms with Gasteiger partial charge < -0.3 is 10.2 Å². The Morgan fingerprint density at radius 3 is 2.70 bits per heavy atom. The van der Waals surface area contributed by atoms with Crippen LogP contribution in [0.2, 0.25) is 0 Å². The summed E-state index contributed by atoms with van der Waals surface area (Å²) in [7, 11) is 0. The molecule has 0 aromatic carbocycles. The van der Waals surface area contributed by atoms with Crippen LogP contribution < -0.4 is 10.2 Å². The van der Waals surface area contributed by atoms with Crippen LogP contribution in [0.1, 0.15) is 0 Å². The number of fused-ring (bicyclic) bond motifs is 2. The molecule has 5 heterocycles. The lowest BCUT2D eigenvalue weighted by Crippen LogP contribution is -2.26. The number of nitrogens with zero attached hydrogens (tertiary/aromatic N) is 5. The highest BCUT2D eigenvalue weighted by Gasteiger charge is 2.37. The Kier molecular flexibility index (Phi) is 2.84. The summed E-state index contributed by atoms with van der Waals surface area (Å²) >= 11 is 0. The summed E-state index contributed by atoms with van der Waals surface area (Å²) in [6, 6.07) is 7.94. The summed E-state index contributed by atoms with van der Waals surface area (Å²) in [4.78, 5) is 11.1. The van der Waals surface area contributed by atoms with Crippen LogP contribution in [0.5, 0.6) is 0 Å². The highest BCUT2D eigenvalue weighted by atomic mass is 15.4. The normalized spacial score (nSPS) is 23.6. The fourth-order valence-electron chi connectivity index (χ4n) is 3.86. The van der Waals surface area contributed by atoms with Gasteiger partial charge in [0, 0.05) is 44.0 Å². The van der Waals surface area contributed by atoms with E-state index in [0.717, 1.165) is 60.6 Å². The maximum absolute atomic E-state index is 4.89. The van der Waals surface area contributed by atoms with Gasteiger partial charge in [-0.2, -0.15) is 0 Å². The summed E-state index contributed by atoms with van der Waals surface area (Å²) < 4.78 is 1.91. The van der Waals surface area contributed by atoms with Crippen LogP contribution in [0.25, 0.3) is 16.7 Å². The second kappa shape index (κ2) is 5.03. The zero-order chi connectivity index (χ0) is 15.2. The van der Waals surface area contributed by atoms with Crippen molar-refractivity contribution in [3.05, 3.63) is 42.9 Å². The van der Waals surface area contributed by atoms with Gasteiger partial charge in [0.05, 0.1) is 11.7 Å². The Morgan fingerprint density at radius 1 is 1.04 bits per heavy atom. The van der Waals surface area contributed by atoms with E-state index in [1.807, 2.05) is 35.3 Å². The minimum absolute atomic E-state index is 0.742. The van der Waals surface area contributed by atoms with Gasteiger partial charge in [-0.1, -0.05) is 6.07 Å². The summed E-state index contributed by atoms with van der Waals surface area (Å²) in [6.45, 7) is 4.41. The van der Waals surface area contributed by atoms with E-state index in [0.29, 0.717) is 0 Å². The molecule has 0 spiro atoms. The molecule has 1 N–H and O–H groups in total. The van der Waals surface area contributed by atoms with Crippen molar-refractivity contribution in [2.45, 2.75) is 0 Å². The molecule has 0 aliphatic carbocycles. The average Bonchev–Trinajstić information content (AvgIpc) is 3.28. The van der Waals surface area contributed by atoms with E-state index in [1.165, 1.54) is 0 Å². The van der Waals surface area contributed by atoms with E-state index in [2.05, 4.69) is 26.3 Å². The zero-order valence-corrected chi connectivity index (χ0v) is 12.8. The van der Waals surface area contributed by atoms with E-state index in [1.54, 1.807) is 6.20 Å². The van der Waals surface area contributed by atoms with Crippen molar-refractivity contribution in [1.29, 1.82) is 0 Å². The third-order valence-corrected chi connectivity index (χ3v) is 5.02. The summed E-state index contributed by atoms with van der Waals surface area (Å²) in [5, 5.41) is 9.53. The maximum Gasteiger partial charge on any atom is 0.159 e. The average molecular weight is 306 g/mol. The number of nitrogens with one attached hydrogen (secondary N) is 1. The molecule has 2 fully saturated rings. The van der Waals surface area contributed by atoms with Gasteiger partial charge in [-0.15, -0.1) is 5.10 Å². The molecule has 2 aliphatic heterocycles. The van der Waals surface area contributed by atoms with E-state index in [-0.39, 0.29) is 0 Å². The topological polar surface area (TPSA) is 58.9 Å². The van der Waals surface area contributed by atoms with Crippen LogP contribution in [0, 0.1) is 11.8 Å². The number of hydrogen-bond acceptors (Lipinski definition) is 5. The highest BCUT2D eigenvalue weighted by molar-refractivity contribution is 5.91. The van der Waals surface area contributed by atoms with Crippen molar-refractivity contribution in [2.24, 2.45) is 11.8 Å². The number of aromatic nitrogens is 4. The van der Waals surface area contributed by atoms with Gasteiger partial charge in [0.25, 0.3) is 0 Å². The van der Waals surface area contributed by atoms with Crippen LogP contribution in [-0.4, -0.2) is 45.9 Å². The van der Waals surface area contributed by atoms with Crippen molar-refractivity contribution in [1.82, 2.24) is 25.1 Å². The predicted molar refractivity (Wildman–Crippen MR) is 88.7 cm³/mol. The number of rotatable bonds is 2. The molecule has 0 amide bonds. The smallest absolute Gasteiger partial charge is 0.159 e. The van der Waals surface area contributed by atoms with Gasteiger partial charge >= 0.3 is 0 Å². The quantitative estimate of drug-likeness (QED) is 0.777. The van der Waals surface area contributed by atoms with Crippen molar-refractivity contribution >= 4 is 16.7 Å². The van der Waals surface area contributed by atoms with Crippen molar-refractivity contribution in [3.63, 3.8) is 0 Å². The molecule has 6 nitrogen and oxygen atoms in total. The van der Waals surface area contributed by atoms with Crippen molar-refractivity contribution in [2.75, 3.05) is 31.1 Å². The van der Waals surface area contributed by atoms with E-state index in [9.17, 15) is 0 Å². The van der Waals surface area contributed by atoms with Gasteiger partial charge in [0.1, 0.15) is 0 Å². The first kappa shape index (κ1) is 13.0. The first-order valence-electron chi connectivity index (χ1n) is 8.10. The third kappa shape index (κ3) is 2.02. The lowest BCUT2D eigenvalue weighted by Gasteiger charge is -2.16. The second-order valence-electron chi connectivity index (χ2n) is 6.40. The molecule has 2 aliphatic rings. The number of hydrogen-bond donors (Lipinski definition) is 1. The Balaban J connectivity index is 1.62. The molecule has 5 rings (SSSR count). The van der Waals surface area contributed by atoms with Gasteiger partial charge in [-0.3, -0.25) is 4.98 Å². The van der Waals surface area contributed by atoms with E-state index < -0.39 is 0 Å². The second-order valence-corrected chi connectivity index (χ2v) is 6.40. The predicted octanol–water partition coefficient (Wildman–Crippen LogP) is 1.47. The Bertz CT molecular complexity index is 831. The lowest BCUT2D eigenvalue weighted by atomic mass is 10.0. The monoisotopic (exact) mass is 306 g/mol. The lowest BCUT2D eigenvalue weighted by molar-refractivity contribution is 0.533.